The largest absolute Gasteiger partial charge is 0.333 e. The molecule has 3 aromatic rings. The van der Waals surface area contributed by atoms with Crippen molar-refractivity contribution < 1.29 is 0 Å². The minimum Gasteiger partial charge on any atom is -0.333 e. The van der Waals surface area contributed by atoms with E-state index in [1.165, 1.54) is 5.56 Å². The predicted molar refractivity (Wildman–Crippen MR) is 86.4 cm³/mol. The zero-order chi connectivity index (χ0) is 14.8. The molecule has 0 amide bonds. The topological polar surface area (TPSA) is 67.6 Å². The molecule has 1 unspecified atom stereocenters. The van der Waals surface area contributed by atoms with Crippen molar-refractivity contribution in [3.05, 3.63) is 47.8 Å². The number of aromatic nitrogens is 3. The first-order valence-corrected chi connectivity index (χ1v) is 7.83. The maximum absolute atomic E-state index is 5.97. The van der Waals surface area contributed by atoms with Crippen LogP contribution in [0.5, 0.6) is 0 Å². The van der Waals surface area contributed by atoms with Crippen LogP contribution in [-0.2, 0) is 0 Å². The second-order valence-electron chi connectivity index (χ2n) is 5.10. The highest BCUT2D eigenvalue weighted by Gasteiger charge is 2.07. The Morgan fingerprint density at radius 1 is 1.29 bits per heavy atom. The Balaban J connectivity index is 1.81. The van der Waals surface area contributed by atoms with Crippen LogP contribution in [-0.4, -0.2) is 15.0 Å². The lowest BCUT2D eigenvalue weighted by molar-refractivity contribution is 0.674. The molecule has 2 heterocycles. The molecule has 1 atom stereocenters. The highest BCUT2D eigenvalue weighted by Crippen LogP contribution is 2.27. The zero-order valence-corrected chi connectivity index (χ0v) is 12.9. The second-order valence-corrected chi connectivity index (χ2v) is 6.16. The Hall–Kier alpha value is -1.85. The third-order valence-corrected chi connectivity index (χ3v) is 4.27. The number of hydrogen-bond donors (Lipinski definition) is 2. The van der Waals surface area contributed by atoms with E-state index in [-0.39, 0.29) is 6.04 Å². The van der Waals surface area contributed by atoms with Gasteiger partial charge in [-0.3, -0.25) is 4.98 Å². The van der Waals surface area contributed by atoms with E-state index >= 15 is 0 Å². The van der Waals surface area contributed by atoms with E-state index < -0.39 is 0 Å². The van der Waals surface area contributed by atoms with Crippen LogP contribution in [0.25, 0.3) is 11.0 Å². The number of aryl methyl sites for hydroxylation is 1. The number of nitrogens with one attached hydrogen (secondary N) is 1. The van der Waals surface area contributed by atoms with E-state index in [2.05, 4.69) is 40.9 Å². The summed E-state index contributed by atoms with van der Waals surface area (Å²) in [6, 6.07) is 10.3. The molecule has 0 aliphatic heterocycles. The molecule has 0 aliphatic rings. The van der Waals surface area contributed by atoms with Crippen molar-refractivity contribution in [2.75, 3.05) is 0 Å². The lowest BCUT2D eigenvalue weighted by Crippen LogP contribution is -2.10. The monoisotopic (exact) mass is 298 g/mol. The van der Waals surface area contributed by atoms with E-state index in [0.717, 1.165) is 33.2 Å². The number of imidazole rings is 1. The summed E-state index contributed by atoms with van der Waals surface area (Å²) in [5, 5.41) is 0.880. The molecule has 2 aromatic heterocycles. The van der Waals surface area contributed by atoms with Gasteiger partial charge in [0.2, 0.25) is 0 Å². The molecule has 5 heteroatoms. The molecular formula is C16H18N4S. The number of H-pyrrole nitrogens is 1. The van der Waals surface area contributed by atoms with Crippen molar-refractivity contribution in [1.29, 1.82) is 0 Å². The summed E-state index contributed by atoms with van der Waals surface area (Å²) in [6.07, 6.45) is 2.75. The predicted octanol–water partition coefficient (Wildman–Crippen LogP) is 3.83. The average molecular weight is 298 g/mol. The summed E-state index contributed by atoms with van der Waals surface area (Å²) in [4.78, 5) is 13.4. The maximum atomic E-state index is 5.97. The molecule has 108 valence electrons. The third kappa shape index (κ3) is 3.09. The highest BCUT2D eigenvalue weighted by atomic mass is 32.2. The Bertz CT molecular complexity index is 749. The lowest BCUT2D eigenvalue weighted by Gasteiger charge is -2.07. The van der Waals surface area contributed by atoms with Crippen molar-refractivity contribution in [2.45, 2.75) is 36.4 Å². The summed E-state index contributed by atoms with van der Waals surface area (Å²) < 4.78 is 0. The zero-order valence-electron chi connectivity index (χ0n) is 12.1. The van der Waals surface area contributed by atoms with E-state index in [9.17, 15) is 0 Å². The molecule has 0 radical (unpaired) electrons. The molecule has 0 saturated carbocycles. The molecule has 3 N–H and O–H groups in total. The number of rotatable bonds is 4. The number of benzene rings is 1. The van der Waals surface area contributed by atoms with E-state index in [1.807, 2.05) is 24.4 Å². The molecule has 3 rings (SSSR count). The highest BCUT2D eigenvalue weighted by molar-refractivity contribution is 7.99. The van der Waals surface area contributed by atoms with Gasteiger partial charge >= 0.3 is 0 Å². The van der Waals surface area contributed by atoms with Crippen LogP contribution in [0.2, 0.25) is 0 Å². The minimum atomic E-state index is 0.0122. The molecule has 0 saturated heterocycles. The molecular weight excluding hydrogens is 280 g/mol. The first kappa shape index (κ1) is 14.1. The SMILES string of the molecule is CCC(N)c1ccc(Sc2nc3ccc(C)cc3[nH]2)cn1. The van der Waals surface area contributed by atoms with Gasteiger partial charge in [0.25, 0.3) is 0 Å². The van der Waals surface area contributed by atoms with Gasteiger partial charge in [-0.2, -0.15) is 0 Å². The minimum absolute atomic E-state index is 0.0122. The second kappa shape index (κ2) is 5.87. The lowest BCUT2D eigenvalue weighted by atomic mass is 10.1. The Morgan fingerprint density at radius 2 is 2.14 bits per heavy atom. The van der Waals surface area contributed by atoms with Crippen molar-refractivity contribution in [3.8, 4) is 0 Å². The van der Waals surface area contributed by atoms with E-state index in [4.69, 9.17) is 5.73 Å². The summed E-state index contributed by atoms with van der Waals surface area (Å²) in [6.45, 7) is 4.14. The number of fused-ring (bicyclic) bond motifs is 1. The van der Waals surface area contributed by atoms with E-state index in [0.29, 0.717) is 0 Å². The number of pyridine rings is 1. The van der Waals surface area contributed by atoms with Crippen molar-refractivity contribution >= 4 is 22.8 Å². The number of hydrogen-bond acceptors (Lipinski definition) is 4. The van der Waals surface area contributed by atoms with Gasteiger partial charge in [-0.25, -0.2) is 4.98 Å². The van der Waals surface area contributed by atoms with Crippen molar-refractivity contribution in [3.63, 3.8) is 0 Å². The van der Waals surface area contributed by atoms with Gasteiger partial charge in [0.1, 0.15) is 0 Å². The molecule has 0 bridgehead atoms. The van der Waals surface area contributed by atoms with E-state index in [1.54, 1.807) is 11.8 Å². The Labute approximate surface area is 128 Å². The summed E-state index contributed by atoms with van der Waals surface area (Å²) in [5.74, 6) is 0. The van der Waals surface area contributed by atoms with Gasteiger partial charge in [0.15, 0.2) is 5.16 Å². The van der Waals surface area contributed by atoms with Crippen LogP contribution in [0.4, 0.5) is 0 Å². The van der Waals surface area contributed by atoms with Crippen LogP contribution in [0, 0.1) is 6.92 Å². The van der Waals surface area contributed by atoms with Crippen LogP contribution in [0.1, 0.15) is 30.6 Å². The standard InChI is InChI=1S/C16H18N4S/c1-3-12(17)13-7-5-11(9-18-13)21-16-19-14-6-4-10(2)8-15(14)20-16/h4-9,12H,3,17H2,1-2H3,(H,19,20). The van der Waals surface area contributed by atoms with Gasteiger partial charge in [0.05, 0.1) is 16.7 Å². The van der Waals surface area contributed by atoms with Crippen molar-refractivity contribution in [2.24, 2.45) is 5.73 Å². The number of nitrogens with two attached hydrogens (primary N) is 1. The van der Waals surface area contributed by atoms with Crippen LogP contribution in [0.3, 0.4) is 0 Å². The molecule has 0 spiro atoms. The van der Waals surface area contributed by atoms with Gasteiger partial charge in [-0.15, -0.1) is 0 Å². The van der Waals surface area contributed by atoms with Crippen molar-refractivity contribution in [1.82, 2.24) is 15.0 Å². The van der Waals surface area contributed by atoms with Gasteiger partial charge < -0.3 is 10.7 Å². The molecule has 1 aromatic carbocycles. The fraction of sp³-hybridized carbons (Fsp3) is 0.250. The third-order valence-electron chi connectivity index (χ3n) is 3.41. The molecule has 0 aliphatic carbocycles. The normalized spacial score (nSPS) is 12.7. The smallest absolute Gasteiger partial charge is 0.171 e. The fourth-order valence-electron chi connectivity index (χ4n) is 2.14. The van der Waals surface area contributed by atoms with Gasteiger partial charge in [-0.05, 0) is 43.2 Å². The first-order valence-electron chi connectivity index (χ1n) is 7.01. The number of nitrogens with zero attached hydrogens (tertiary/aromatic N) is 2. The average Bonchev–Trinajstić information content (AvgIpc) is 2.88. The number of aromatic amines is 1. The summed E-state index contributed by atoms with van der Waals surface area (Å²) >= 11 is 1.58. The Morgan fingerprint density at radius 3 is 2.86 bits per heavy atom. The molecule has 0 fully saturated rings. The Kier molecular flexibility index (Phi) is 3.94. The summed E-state index contributed by atoms with van der Waals surface area (Å²) in [7, 11) is 0. The maximum Gasteiger partial charge on any atom is 0.171 e. The molecule has 21 heavy (non-hydrogen) atoms. The summed E-state index contributed by atoms with van der Waals surface area (Å²) in [5.41, 5.74) is 10.2. The van der Waals surface area contributed by atoms with Crippen LogP contribution < -0.4 is 5.73 Å². The first-order chi connectivity index (χ1) is 10.2. The quantitative estimate of drug-likeness (QED) is 0.768. The van der Waals surface area contributed by atoms with Crippen LogP contribution in [0.15, 0.2) is 46.6 Å². The fourth-order valence-corrected chi connectivity index (χ4v) is 2.91. The van der Waals surface area contributed by atoms with Gasteiger partial charge in [0, 0.05) is 17.1 Å². The van der Waals surface area contributed by atoms with Gasteiger partial charge in [-0.1, -0.05) is 24.8 Å². The molecule has 4 nitrogen and oxygen atoms in total. The van der Waals surface area contributed by atoms with Crippen LogP contribution >= 0.6 is 11.8 Å².